The minimum Gasteiger partial charge on any atom is -0.358 e. The minimum atomic E-state index is 0.276. The van der Waals surface area contributed by atoms with Crippen LogP contribution >= 0.6 is 0 Å². The molecule has 0 atom stereocenters. The maximum Gasteiger partial charge on any atom is 0.222 e. The molecule has 21 heavy (non-hydrogen) atoms. The Morgan fingerprint density at radius 1 is 1.19 bits per heavy atom. The van der Waals surface area contributed by atoms with Gasteiger partial charge < -0.3 is 9.88 Å². The molecule has 0 spiro atoms. The van der Waals surface area contributed by atoms with Crippen molar-refractivity contribution in [2.75, 3.05) is 26.2 Å². The summed E-state index contributed by atoms with van der Waals surface area (Å²) in [5.74, 6) is 0.276. The topological polar surface area (TPSA) is 39.3 Å². The van der Waals surface area contributed by atoms with Crippen molar-refractivity contribution in [2.45, 2.75) is 26.8 Å². The van der Waals surface area contributed by atoms with Gasteiger partial charge in [0, 0.05) is 55.7 Å². The molecule has 1 N–H and O–H groups in total. The van der Waals surface area contributed by atoms with Gasteiger partial charge in [-0.2, -0.15) is 0 Å². The molecule has 0 radical (unpaired) electrons. The lowest BCUT2D eigenvalue weighted by molar-refractivity contribution is -0.132. The van der Waals surface area contributed by atoms with E-state index in [1.165, 1.54) is 22.2 Å². The van der Waals surface area contributed by atoms with E-state index < -0.39 is 0 Å². The van der Waals surface area contributed by atoms with Gasteiger partial charge in [-0.25, -0.2) is 0 Å². The Morgan fingerprint density at radius 3 is 2.62 bits per heavy atom. The summed E-state index contributed by atoms with van der Waals surface area (Å²) in [6, 6.07) is 8.48. The zero-order valence-corrected chi connectivity index (χ0v) is 12.9. The molecular formula is C17H23N3O. The Bertz CT molecular complexity index is 639. The molecule has 2 aromatic rings. The largest absolute Gasteiger partial charge is 0.358 e. The summed E-state index contributed by atoms with van der Waals surface area (Å²) in [5, 5.41) is 1.32. The normalized spacial score (nSPS) is 16.6. The molecule has 4 heteroatoms. The SMILES string of the molecule is CCC(=O)N1CCN(Cc2c(C)[nH]c3ccccc23)CC1. The monoisotopic (exact) mass is 285 g/mol. The van der Waals surface area contributed by atoms with Crippen LogP contribution in [0.3, 0.4) is 0 Å². The van der Waals surface area contributed by atoms with Crippen LogP contribution in [0.4, 0.5) is 0 Å². The van der Waals surface area contributed by atoms with Crippen LogP contribution in [0.2, 0.25) is 0 Å². The van der Waals surface area contributed by atoms with Crippen LogP contribution in [-0.4, -0.2) is 46.9 Å². The van der Waals surface area contributed by atoms with Gasteiger partial charge in [0.2, 0.25) is 5.91 Å². The number of carbonyl (C=O) groups is 1. The summed E-state index contributed by atoms with van der Waals surface area (Å²) >= 11 is 0. The fourth-order valence-electron chi connectivity index (χ4n) is 3.14. The lowest BCUT2D eigenvalue weighted by Gasteiger charge is -2.34. The first-order chi connectivity index (χ1) is 10.2. The highest BCUT2D eigenvalue weighted by Gasteiger charge is 2.21. The molecule has 1 fully saturated rings. The van der Waals surface area contributed by atoms with Gasteiger partial charge in [-0.15, -0.1) is 0 Å². The number of hydrogen-bond acceptors (Lipinski definition) is 2. The Kier molecular flexibility index (Phi) is 3.97. The second-order valence-electron chi connectivity index (χ2n) is 5.78. The van der Waals surface area contributed by atoms with E-state index in [1.54, 1.807) is 0 Å². The van der Waals surface area contributed by atoms with Gasteiger partial charge in [0.1, 0.15) is 0 Å². The first-order valence-electron chi connectivity index (χ1n) is 7.75. The van der Waals surface area contributed by atoms with Crippen LogP contribution < -0.4 is 0 Å². The zero-order chi connectivity index (χ0) is 14.8. The van der Waals surface area contributed by atoms with Crippen molar-refractivity contribution in [3.8, 4) is 0 Å². The summed E-state index contributed by atoms with van der Waals surface area (Å²) in [6.07, 6.45) is 0.613. The number of aryl methyl sites for hydroxylation is 1. The van der Waals surface area contributed by atoms with E-state index in [-0.39, 0.29) is 5.91 Å². The molecule has 1 aromatic carbocycles. The molecular weight excluding hydrogens is 262 g/mol. The first kappa shape index (κ1) is 14.1. The molecule has 4 nitrogen and oxygen atoms in total. The number of H-pyrrole nitrogens is 1. The van der Waals surface area contributed by atoms with Crippen molar-refractivity contribution in [3.05, 3.63) is 35.5 Å². The summed E-state index contributed by atoms with van der Waals surface area (Å²) < 4.78 is 0. The van der Waals surface area contributed by atoms with Gasteiger partial charge >= 0.3 is 0 Å². The smallest absolute Gasteiger partial charge is 0.222 e. The minimum absolute atomic E-state index is 0.276. The second-order valence-corrected chi connectivity index (χ2v) is 5.78. The van der Waals surface area contributed by atoms with Crippen molar-refractivity contribution in [1.29, 1.82) is 0 Å². The third-order valence-corrected chi connectivity index (χ3v) is 4.44. The fraction of sp³-hybridized carbons (Fsp3) is 0.471. The van der Waals surface area contributed by atoms with Gasteiger partial charge in [0.05, 0.1) is 0 Å². The maximum atomic E-state index is 11.7. The molecule has 1 aromatic heterocycles. The van der Waals surface area contributed by atoms with Crippen molar-refractivity contribution in [2.24, 2.45) is 0 Å². The van der Waals surface area contributed by atoms with E-state index in [4.69, 9.17) is 0 Å². The molecule has 0 aliphatic carbocycles. The van der Waals surface area contributed by atoms with E-state index in [1.807, 2.05) is 11.8 Å². The Hall–Kier alpha value is -1.81. The number of hydrogen-bond donors (Lipinski definition) is 1. The van der Waals surface area contributed by atoms with Crippen LogP contribution in [0.25, 0.3) is 10.9 Å². The Labute approximate surface area is 125 Å². The number of nitrogens with zero attached hydrogens (tertiary/aromatic N) is 2. The maximum absolute atomic E-state index is 11.7. The van der Waals surface area contributed by atoms with Crippen molar-refractivity contribution in [3.63, 3.8) is 0 Å². The number of amides is 1. The molecule has 1 aliphatic heterocycles. The highest BCUT2D eigenvalue weighted by molar-refractivity contribution is 5.84. The first-order valence-corrected chi connectivity index (χ1v) is 7.75. The van der Waals surface area contributed by atoms with Crippen molar-refractivity contribution >= 4 is 16.8 Å². The standard InChI is InChI=1S/C17H23N3O/c1-3-17(21)20-10-8-19(9-11-20)12-15-13(2)18-16-7-5-4-6-14(15)16/h4-7,18H,3,8-12H2,1-2H3. The molecule has 3 rings (SSSR count). The second kappa shape index (κ2) is 5.90. The molecule has 0 bridgehead atoms. The number of para-hydroxylation sites is 1. The average Bonchev–Trinajstić information content (AvgIpc) is 2.83. The molecule has 0 unspecified atom stereocenters. The lowest BCUT2D eigenvalue weighted by atomic mass is 10.1. The number of rotatable bonds is 3. The predicted octanol–water partition coefficient (Wildman–Crippen LogP) is 2.53. The summed E-state index contributed by atoms with van der Waals surface area (Å²) in [5.41, 5.74) is 3.86. The number of nitrogens with one attached hydrogen (secondary N) is 1. The Balaban J connectivity index is 1.70. The number of aromatic nitrogens is 1. The average molecular weight is 285 g/mol. The Morgan fingerprint density at radius 2 is 1.90 bits per heavy atom. The van der Waals surface area contributed by atoms with Crippen LogP contribution in [0, 0.1) is 6.92 Å². The zero-order valence-electron chi connectivity index (χ0n) is 12.9. The van der Waals surface area contributed by atoms with Gasteiger partial charge in [-0.3, -0.25) is 9.69 Å². The molecule has 2 heterocycles. The molecule has 1 aliphatic rings. The molecule has 112 valence electrons. The van der Waals surface area contributed by atoms with Gasteiger partial charge in [-0.05, 0) is 18.6 Å². The number of fused-ring (bicyclic) bond motifs is 1. The number of piperazine rings is 1. The summed E-state index contributed by atoms with van der Waals surface area (Å²) in [6.45, 7) is 8.68. The molecule has 1 saturated heterocycles. The lowest BCUT2D eigenvalue weighted by Crippen LogP contribution is -2.48. The van der Waals surface area contributed by atoms with Crippen LogP contribution in [0.15, 0.2) is 24.3 Å². The van der Waals surface area contributed by atoms with E-state index in [0.29, 0.717) is 6.42 Å². The fourth-order valence-corrected chi connectivity index (χ4v) is 3.14. The van der Waals surface area contributed by atoms with Gasteiger partial charge in [-0.1, -0.05) is 25.1 Å². The third-order valence-electron chi connectivity index (χ3n) is 4.44. The highest BCUT2D eigenvalue weighted by Crippen LogP contribution is 2.23. The molecule has 0 saturated carbocycles. The van der Waals surface area contributed by atoms with E-state index in [0.717, 1.165) is 32.7 Å². The number of carbonyl (C=O) groups excluding carboxylic acids is 1. The number of benzene rings is 1. The van der Waals surface area contributed by atoms with E-state index in [9.17, 15) is 4.79 Å². The highest BCUT2D eigenvalue weighted by atomic mass is 16.2. The van der Waals surface area contributed by atoms with Crippen LogP contribution in [0.1, 0.15) is 24.6 Å². The third kappa shape index (κ3) is 2.81. The predicted molar refractivity (Wildman–Crippen MR) is 85.2 cm³/mol. The number of aromatic amines is 1. The van der Waals surface area contributed by atoms with Crippen molar-refractivity contribution in [1.82, 2.24) is 14.8 Å². The molecule has 1 amide bonds. The van der Waals surface area contributed by atoms with Crippen molar-refractivity contribution < 1.29 is 4.79 Å². The van der Waals surface area contributed by atoms with Gasteiger partial charge in [0.25, 0.3) is 0 Å². The summed E-state index contributed by atoms with van der Waals surface area (Å²) in [4.78, 5) is 19.6. The van der Waals surface area contributed by atoms with Gasteiger partial charge in [0.15, 0.2) is 0 Å². The summed E-state index contributed by atoms with van der Waals surface area (Å²) in [7, 11) is 0. The van der Waals surface area contributed by atoms with Crippen LogP contribution in [-0.2, 0) is 11.3 Å². The van der Waals surface area contributed by atoms with E-state index >= 15 is 0 Å². The quantitative estimate of drug-likeness (QED) is 0.941. The van der Waals surface area contributed by atoms with Crippen LogP contribution in [0.5, 0.6) is 0 Å². The van der Waals surface area contributed by atoms with E-state index in [2.05, 4.69) is 41.1 Å².